The first-order valence-corrected chi connectivity index (χ1v) is 7.46. The van der Waals surface area contributed by atoms with Crippen molar-refractivity contribution in [1.82, 2.24) is 0 Å². The minimum atomic E-state index is -2.85. The number of rotatable bonds is 4. The predicted octanol–water partition coefficient (Wildman–Crippen LogP) is 2.48. The molecule has 0 amide bonds. The van der Waals surface area contributed by atoms with Crippen LogP contribution in [0.4, 0.5) is 0 Å². The molecule has 2 nitrogen and oxygen atoms in total. The average Bonchev–Trinajstić information content (AvgIpc) is 2.06. The standard InChI is InChI=1S/C9H11ClO2S2/c1-14(11,12)7-6-13-9-4-2-8(10)3-5-9/h2-5H,6-7H2,1H3. The predicted molar refractivity (Wildman–Crippen MR) is 61.9 cm³/mol. The van der Waals surface area contributed by atoms with Crippen molar-refractivity contribution in [3.05, 3.63) is 29.3 Å². The van der Waals surface area contributed by atoms with Gasteiger partial charge in [-0.25, -0.2) is 8.42 Å². The smallest absolute Gasteiger partial charge is 0.148 e. The molecule has 0 atom stereocenters. The van der Waals surface area contributed by atoms with Crippen molar-refractivity contribution in [1.29, 1.82) is 0 Å². The van der Waals surface area contributed by atoms with Crippen LogP contribution in [-0.2, 0) is 9.84 Å². The molecule has 5 heteroatoms. The highest BCUT2D eigenvalue weighted by Gasteiger charge is 2.02. The Bertz CT molecular complexity index is 384. The third-order valence-corrected chi connectivity index (χ3v) is 4.01. The first-order chi connectivity index (χ1) is 6.47. The molecule has 0 saturated heterocycles. The van der Waals surface area contributed by atoms with E-state index in [0.717, 1.165) is 4.90 Å². The highest BCUT2D eigenvalue weighted by atomic mass is 35.5. The first kappa shape index (κ1) is 11.9. The molecule has 0 spiro atoms. The van der Waals surface area contributed by atoms with E-state index in [-0.39, 0.29) is 5.75 Å². The molecular weight excluding hydrogens is 240 g/mol. The maximum absolute atomic E-state index is 10.8. The summed E-state index contributed by atoms with van der Waals surface area (Å²) in [6.07, 6.45) is 1.25. The molecular formula is C9H11ClO2S2. The molecule has 0 aliphatic rings. The van der Waals surface area contributed by atoms with Crippen molar-refractivity contribution in [3.63, 3.8) is 0 Å². The Morgan fingerprint density at radius 2 is 1.86 bits per heavy atom. The monoisotopic (exact) mass is 250 g/mol. The van der Waals surface area contributed by atoms with E-state index in [2.05, 4.69) is 0 Å². The van der Waals surface area contributed by atoms with Crippen LogP contribution in [0, 0.1) is 0 Å². The summed E-state index contributed by atoms with van der Waals surface area (Å²) < 4.78 is 21.7. The lowest BCUT2D eigenvalue weighted by atomic mass is 10.4. The minimum Gasteiger partial charge on any atom is -0.229 e. The van der Waals surface area contributed by atoms with Gasteiger partial charge in [-0.2, -0.15) is 0 Å². The highest BCUT2D eigenvalue weighted by Crippen LogP contribution is 2.20. The Kier molecular flexibility index (Phi) is 4.29. The maximum Gasteiger partial charge on any atom is 0.148 e. The molecule has 0 saturated carbocycles. The molecule has 0 bridgehead atoms. The Labute approximate surface area is 93.6 Å². The number of benzene rings is 1. The summed E-state index contributed by atoms with van der Waals surface area (Å²) in [7, 11) is -2.85. The van der Waals surface area contributed by atoms with Crippen LogP contribution >= 0.6 is 23.4 Å². The fraction of sp³-hybridized carbons (Fsp3) is 0.333. The van der Waals surface area contributed by atoms with E-state index in [0.29, 0.717) is 10.8 Å². The summed E-state index contributed by atoms with van der Waals surface area (Å²) in [6, 6.07) is 7.36. The van der Waals surface area contributed by atoms with Gasteiger partial charge in [-0.3, -0.25) is 0 Å². The molecule has 0 heterocycles. The van der Waals surface area contributed by atoms with Crippen LogP contribution < -0.4 is 0 Å². The van der Waals surface area contributed by atoms with Gasteiger partial charge in [-0.15, -0.1) is 11.8 Å². The third kappa shape index (κ3) is 4.88. The van der Waals surface area contributed by atoms with E-state index in [9.17, 15) is 8.42 Å². The minimum absolute atomic E-state index is 0.209. The summed E-state index contributed by atoms with van der Waals surface area (Å²) in [5, 5.41) is 0.692. The Balaban J connectivity index is 2.43. The van der Waals surface area contributed by atoms with Crippen LogP contribution in [0.25, 0.3) is 0 Å². The van der Waals surface area contributed by atoms with Crippen molar-refractivity contribution >= 4 is 33.2 Å². The van der Waals surface area contributed by atoms with Crippen molar-refractivity contribution in [3.8, 4) is 0 Å². The van der Waals surface area contributed by atoms with Gasteiger partial charge < -0.3 is 0 Å². The van der Waals surface area contributed by atoms with Crippen LogP contribution in [0.2, 0.25) is 5.02 Å². The molecule has 0 aliphatic heterocycles. The van der Waals surface area contributed by atoms with E-state index in [1.165, 1.54) is 18.0 Å². The summed E-state index contributed by atoms with van der Waals surface area (Å²) in [6.45, 7) is 0. The second-order valence-corrected chi connectivity index (χ2v) is 6.80. The molecule has 1 rings (SSSR count). The van der Waals surface area contributed by atoms with Crippen LogP contribution in [0.3, 0.4) is 0 Å². The van der Waals surface area contributed by atoms with Crippen molar-refractivity contribution in [2.24, 2.45) is 0 Å². The zero-order valence-corrected chi connectivity index (χ0v) is 10.1. The lowest BCUT2D eigenvalue weighted by Gasteiger charge is -2.00. The van der Waals surface area contributed by atoms with Gasteiger partial charge in [0.15, 0.2) is 0 Å². The highest BCUT2D eigenvalue weighted by molar-refractivity contribution is 8.00. The van der Waals surface area contributed by atoms with E-state index in [1.54, 1.807) is 12.1 Å². The third-order valence-electron chi connectivity index (χ3n) is 1.54. The van der Waals surface area contributed by atoms with Gasteiger partial charge in [0.2, 0.25) is 0 Å². The Morgan fingerprint density at radius 3 is 2.36 bits per heavy atom. The van der Waals surface area contributed by atoms with Crippen molar-refractivity contribution in [2.45, 2.75) is 4.90 Å². The molecule has 1 aromatic rings. The molecule has 78 valence electrons. The number of halogens is 1. The SMILES string of the molecule is CS(=O)(=O)CCSc1ccc(Cl)cc1. The zero-order chi connectivity index (χ0) is 10.6. The van der Waals surface area contributed by atoms with Gasteiger partial charge in [-0.05, 0) is 24.3 Å². The normalized spacial score (nSPS) is 11.6. The molecule has 0 unspecified atom stereocenters. The second kappa shape index (κ2) is 5.05. The summed E-state index contributed by atoms with van der Waals surface area (Å²) in [5.41, 5.74) is 0. The largest absolute Gasteiger partial charge is 0.229 e. The van der Waals surface area contributed by atoms with Crippen LogP contribution in [-0.4, -0.2) is 26.2 Å². The summed E-state index contributed by atoms with van der Waals surface area (Å²) in [5.74, 6) is 0.792. The molecule has 1 aromatic carbocycles. The van der Waals surface area contributed by atoms with Crippen molar-refractivity contribution < 1.29 is 8.42 Å². The quantitative estimate of drug-likeness (QED) is 0.770. The fourth-order valence-electron chi connectivity index (χ4n) is 0.842. The van der Waals surface area contributed by atoms with Gasteiger partial charge in [0.1, 0.15) is 9.84 Å². The van der Waals surface area contributed by atoms with E-state index in [1.807, 2.05) is 12.1 Å². The molecule has 0 N–H and O–H groups in total. The number of thioether (sulfide) groups is 1. The zero-order valence-electron chi connectivity index (χ0n) is 7.73. The van der Waals surface area contributed by atoms with Gasteiger partial charge in [0.05, 0.1) is 5.75 Å². The molecule has 0 aliphatic carbocycles. The number of hydrogen-bond donors (Lipinski definition) is 0. The van der Waals surface area contributed by atoms with Crippen LogP contribution in [0.1, 0.15) is 0 Å². The van der Waals surface area contributed by atoms with Gasteiger partial charge >= 0.3 is 0 Å². The topological polar surface area (TPSA) is 34.1 Å². The summed E-state index contributed by atoms with van der Waals surface area (Å²) in [4.78, 5) is 1.04. The Hall–Kier alpha value is -0.190. The van der Waals surface area contributed by atoms with E-state index in [4.69, 9.17) is 11.6 Å². The molecule has 0 fully saturated rings. The van der Waals surface area contributed by atoms with Crippen molar-refractivity contribution in [2.75, 3.05) is 17.8 Å². The second-order valence-electron chi connectivity index (χ2n) is 2.93. The maximum atomic E-state index is 10.8. The Morgan fingerprint density at radius 1 is 1.29 bits per heavy atom. The molecule has 14 heavy (non-hydrogen) atoms. The first-order valence-electron chi connectivity index (χ1n) is 4.03. The number of sulfone groups is 1. The van der Waals surface area contributed by atoms with Crippen LogP contribution in [0.5, 0.6) is 0 Å². The van der Waals surface area contributed by atoms with E-state index >= 15 is 0 Å². The fourth-order valence-corrected chi connectivity index (χ4v) is 3.08. The molecule has 0 aromatic heterocycles. The number of hydrogen-bond acceptors (Lipinski definition) is 3. The van der Waals surface area contributed by atoms with Gasteiger partial charge in [0, 0.05) is 21.9 Å². The van der Waals surface area contributed by atoms with Crippen LogP contribution in [0.15, 0.2) is 29.2 Å². The average molecular weight is 251 g/mol. The van der Waals surface area contributed by atoms with Gasteiger partial charge in [-0.1, -0.05) is 11.6 Å². The molecule has 0 radical (unpaired) electrons. The lowest BCUT2D eigenvalue weighted by molar-refractivity contribution is 0.603. The summed E-state index contributed by atoms with van der Waals surface area (Å²) >= 11 is 7.23. The lowest BCUT2D eigenvalue weighted by Crippen LogP contribution is -2.04. The van der Waals surface area contributed by atoms with E-state index < -0.39 is 9.84 Å². The van der Waals surface area contributed by atoms with Gasteiger partial charge in [0.25, 0.3) is 0 Å².